The molecule has 188 valence electrons. The Labute approximate surface area is 199 Å². The molecule has 2 atom stereocenters. The molecule has 2 N–H and O–H groups in total. The molecule has 0 unspecified atom stereocenters. The van der Waals surface area contributed by atoms with Crippen LogP contribution in [0.2, 0.25) is 0 Å². The van der Waals surface area contributed by atoms with Crippen molar-refractivity contribution in [3.8, 4) is 5.88 Å². The molecule has 0 spiro atoms. The second-order valence-corrected chi connectivity index (χ2v) is 8.32. The van der Waals surface area contributed by atoms with E-state index < -0.39 is 54.2 Å². The van der Waals surface area contributed by atoms with Gasteiger partial charge in [0.2, 0.25) is 5.88 Å². The summed E-state index contributed by atoms with van der Waals surface area (Å²) in [5, 5.41) is 11.3. The summed E-state index contributed by atoms with van der Waals surface area (Å²) in [5.74, 6) is -4.92. The number of hydrogen-bond acceptors (Lipinski definition) is 5. The first kappa shape index (κ1) is 26.1. The molecule has 1 aliphatic heterocycles. The van der Waals surface area contributed by atoms with Crippen LogP contribution in [-0.4, -0.2) is 53.7 Å². The van der Waals surface area contributed by atoms with Crippen LogP contribution in [0.4, 0.5) is 22.0 Å². The lowest BCUT2D eigenvalue weighted by molar-refractivity contribution is -0.148. The number of hydrogen-bond donors (Lipinski definition) is 2. The Morgan fingerprint density at radius 2 is 1.94 bits per heavy atom. The van der Waals surface area contributed by atoms with Crippen molar-refractivity contribution in [2.75, 3.05) is 20.2 Å². The van der Waals surface area contributed by atoms with Gasteiger partial charge in [0.1, 0.15) is 12.3 Å². The summed E-state index contributed by atoms with van der Waals surface area (Å²) >= 11 is 0. The van der Waals surface area contributed by atoms with Crippen molar-refractivity contribution in [3.63, 3.8) is 0 Å². The number of piperidine rings is 1. The number of benzene rings is 1. The van der Waals surface area contributed by atoms with E-state index in [1.807, 2.05) is 0 Å². The Bertz CT molecular complexity index is 1070. The third-order valence-corrected chi connectivity index (χ3v) is 5.66. The number of carbonyl (C=O) groups is 1. The first-order valence-corrected chi connectivity index (χ1v) is 10.8. The monoisotopic (exact) mass is 496 g/mol. The highest BCUT2D eigenvalue weighted by Crippen LogP contribution is 2.35. The number of amides is 1. The van der Waals surface area contributed by atoms with E-state index in [-0.39, 0.29) is 18.1 Å². The lowest BCUT2D eigenvalue weighted by atomic mass is 9.88. The average molecular weight is 496 g/mol. The molecule has 0 aliphatic carbocycles. The number of nitrogens with zero attached hydrogens (tertiary/aromatic N) is 2. The second kappa shape index (κ2) is 10.4. The third kappa shape index (κ3) is 6.34. The molecule has 0 radical (unpaired) electrons. The zero-order valence-electron chi connectivity index (χ0n) is 19.1. The zero-order chi connectivity index (χ0) is 25.8. The first-order chi connectivity index (χ1) is 16.4. The normalized spacial score (nSPS) is 20.3. The largest absolute Gasteiger partial charge is 0.475 e. The molecule has 0 saturated carbocycles. The molecular weight excluding hydrogens is 471 g/mol. The van der Waals surface area contributed by atoms with Gasteiger partial charge < -0.3 is 15.0 Å². The Hall–Kier alpha value is -3.50. The van der Waals surface area contributed by atoms with Crippen LogP contribution < -0.4 is 10.1 Å². The van der Waals surface area contributed by atoms with Crippen LogP contribution in [0, 0.1) is 11.3 Å². The summed E-state index contributed by atoms with van der Waals surface area (Å²) in [6, 6.07) is 9.57. The van der Waals surface area contributed by atoms with Crippen LogP contribution >= 0.6 is 0 Å². The fourth-order valence-electron chi connectivity index (χ4n) is 3.95. The number of likely N-dealkylation sites (tertiary alicyclic amines) is 1. The molecule has 1 aromatic heterocycles. The van der Waals surface area contributed by atoms with Gasteiger partial charge in [0, 0.05) is 37.5 Å². The maximum Gasteiger partial charge on any atom is 0.417 e. The van der Waals surface area contributed by atoms with E-state index >= 15 is 0 Å². The number of halogens is 5. The number of ether oxygens (including phenoxy) is 1. The van der Waals surface area contributed by atoms with Gasteiger partial charge in [0.15, 0.2) is 0 Å². The van der Waals surface area contributed by atoms with Crippen molar-refractivity contribution in [2.24, 2.45) is 5.92 Å². The highest BCUT2D eigenvalue weighted by atomic mass is 19.4. The number of rotatable bonds is 7. The maximum absolute atomic E-state index is 14.4. The summed E-state index contributed by atoms with van der Waals surface area (Å²) in [6.07, 6.45) is -3.01. The third-order valence-electron chi connectivity index (χ3n) is 5.66. The van der Waals surface area contributed by atoms with Crippen LogP contribution in [0.15, 0.2) is 54.9 Å². The second-order valence-electron chi connectivity index (χ2n) is 8.32. The minimum atomic E-state index is -4.56. The number of carbonyl (C=O) groups excluding carboxylic acids is 1. The topological polar surface area (TPSA) is 78.3 Å². The fourth-order valence-corrected chi connectivity index (χ4v) is 3.95. The van der Waals surface area contributed by atoms with Gasteiger partial charge in [-0.1, -0.05) is 37.3 Å². The van der Waals surface area contributed by atoms with E-state index in [1.165, 1.54) is 13.1 Å². The smallest absolute Gasteiger partial charge is 0.417 e. The quantitative estimate of drug-likeness (QED) is 0.433. The number of pyridine rings is 1. The first-order valence-electron chi connectivity index (χ1n) is 10.8. The SMILES string of the molecule is CN/C=C(\C(=N)C(=O)N1CC(F)(F)C[C@@H](C)[C@H]1COc1ccc(C(F)(F)F)cn1)c1ccccc1. The van der Waals surface area contributed by atoms with Gasteiger partial charge in [-0.05, 0) is 17.5 Å². The number of alkyl halides is 5. The van der Waals surface area contributed by atoms with Crippen LogP contribution in [0.1, 0.15) is 24.5 Å². The van der Waals surface area contributed by atoms with Crippen molar-refractivity contribution in [3.05, 3.63) is 66.0 Å². The van der Waals surface area contributed by atoms with Crippen molar-refractivity contribution in [2.45, 2.75) is 31.5 Å². The van der Waals surface area contributed by atoms with Gasteiger partial charge in [-0.2, -0.15) is 13.2 Å². The van der Waals surface area contributed by atoms with E-state index in [9.17, 15) is 26.7 Å². The van der Waals surface area contributed by atoms with Gasteiger partial charge >= 0.3 is 6.18 Å². The van der Waals surface area contributed by atoms with Crippen LogP contribution in [-0.2, 0) is 11.0 Å². The molecule has 3 rings (SSSR count). The van der Waals surface area contributed by atoms with Gasteiger partial charge in [0.05, 0.1) is 18.2 Å². The molecule has 2 aromatic rings. The molecule has 0 bridgehead atoms. The van der Waals surface area contributed by atoms with Gasteiger partial charge in [-0.3, -0.25) is 10.2 Å². The van der Waals surface area contributed by atoms with E-state index in [1.54, 1.807) is 37.4 Å². The highest BCUT2D eigenvalue weighted by molar-refractivity contribution is 6.54. The summed E-state index contributed by atoms with van der Waals surface area (Å²) in [6.45, 7) is 0.354. The van der Waals surface area contributed by atoms with E-state index in [0.717, 1.165) is 17.0 Å². The molecule has 2 heterocycles. The van der Waals surface area contributed by atoms with Crippen LogP contribution in [0.3, 0.4) is 0 Å². The molecule has 1 amide bonds. The standard InChI is InChI=1S/C24H25F5N4O2/c1-15-10-23(25,26)14-33(19(15)13-35-20-9-8-17(11-32-20)24(27,28)29)22(34)21(30)18(12-31-2)16-6-4-3-5-7-16/h3-9,11-12,15,19,30-31H,10,13-14H2,1-2H3/b18-12-,30-21?/t15-,19-/m1/s1. The predicted octanol–water partition coefficient (Wildman–Crippen LogP) is 4.63. The Morgan fingerprint density at radius 3 is 2.51 bits per heavy atom. The average Bonchev–Trinajstić information content (AvgIpc) is 2.80. The lowest BCUT2D eigenvalue weighted by Crippen LogP contribution is -2.58. The summed E-state index contributed by atoms with van der Waals surface area (Å²) < 4.78 is 72.6. The van der Waals surface area contributed by atoms with Crippen LogP contribution in [0.25, 0.3) is 5.57 Å². The molecule has 35 heavy (non-hydrogen) atoms. The summed E-state index contributed by atoms with van der Waals surface area (Å²) in [5.41, 5.74) is -0.652. The van der Waals surface area contributed by atoms with Crippen molar-refractivity contribution in [1.29, 1.82) is 5.41 Å². The van der Waals surface area contributed by atoms with Gasteiger partial charge in [-0.15, -0.1) is 0 Å². The molecule has 1 fully saturated rings. The lowest BCUT2D eigenvalue weighted by Gasteiger charge is -2.43. The number of nitrogens with one attached hydrogen (secondary N) is 2. The molecule has 1 saturated heterocycles. The van der Waals surface area contributed by atoms with E-state index in [0.29, 0.717) is 11.8 Å². The highest BCUT2D eigenvalue weighted by Gasteiger charge is 2.47. The van der Waals surface area contributed by atoms with Gasteiger partial charge in [0.25, 0.3) is 11.8 Å². The van der Waals surface area contributed by atoms with E-state index in [4.69, 9.17) is 10.1 Å². The minimum Gasteiger partial charge on any atom is -0.475 e. The fraction of sp³-hybridized carbons (Fsp3) is 0.375. The summed E-state index contributed by atoms with van der Waals surface area (Å²) in [4.78, 5) is 17.8. The minimum absolute atomic E-state index is 0.134. The van der Waals surface area contributed by atoms with Crippen LogP contribution in [0.5, 0.6) is 5.88 Å². The predicted molar refractivity (Wildman–Crippen MR) is 120 cm³/mol. The van der Waals surface area contributed by atoms with E-state index in [2.05, 4.69) is 10.3 Å². The molecule has 11 heteroatoms. The Kier molecular flexibility index (Phi) is 7.76. The molecular formula is C24H25F5N4O2. The molecule has 1 aromatic carbocycles. The van der Waals surface area contributed by atoms with Gasteiger partial charge in [-0.25, -0.2) is 13.8 Å². The molecule has 6 nitrogen and oxygen atoms in total. The Morgan fingerprint density at radius 1 is 1.26 bits per heavy atom. The van der Waals surface area contributed by atoms with Crippen molar-refractivity contribution >= 4 is 17.2 Å². The number of aromatic nitrogens is 1. The van der Waals surface area contributed by atoms with Crippen molar-refractivity contribution in [1.82, 2.24) is 15.2 Å². The zero-order valence-corrected chi connectivity index (χ0v) is 19.1. The van der Waals surface area contributed by atoms with Crippen molar-refractivity contribution < 1.29 is 31.5 Å². The molecule has 1 aliphatic rings. The summed E-state index contributed by atoms with van der Waals surface area (Å²) in [7, 11) is 1.59. The Balaban J connectivity index is 1.83. The maximum atomic E-state index is 14.4.